The second-order valence-electron chi connectivity index (χ2n) is 6.30. The third-order valence-corrected chi connectivity index (χ3v) is 6.04. The van der Waals surface area contributed by atoms with Gasteiger partial charge < -0.3 is 10.6 Å². The zero-order chi connectivity index (χ0) is 18.5. The van der Waals surface area contributed by atoms with Crippen molar-refractivity contribution in [3.8, 4) is 0 Å². The van der Waals surface area contributed by atoms with E-state index in [1.807, 2.05) is 6.92 Å². The molecular weight excluding hydrogens is 357 g/mol. The molecule has 0 aromatic heterocycles. The van der Waals surface area contributed by atoms with E-state index in [4.69, 9.17) is 0 Å². The minimum Gasteiger partial charge on any atom is -0.357 e. The van der Waals surface area contributed by atoms with Crippen LogP contribution in [0.15, 0.2) is 17.1 Å². The molecule has 0 bridgehead atoms. The van der Waals surface area contributed by atoms with Crippen molar-refractivity contribution in [3.63, 3.8) is 0 Å². The Morgan fingerprint density at radius 1 is 1.24 bits per heavy atom. The quantitative estimate of drug-likeness (QED) is 0.432. The lowest BCUT2D eigenvalue weighted by Gasteiger charge is -2.31. The first-order chi connectivity index (χ1) is 11.7. The summed E-state index contributed by atoms with van der Waals surface area (Å²) in [5.74, 6) is 0.776. The van der Waals surface area contributed by atoms with E-state index < -0.39 is 15.5 Å². The molecule has 25 heavy (non-hydrogen) atoms. The molecule has 2 rings (SSSR count). The SMILES string of the molecule is CCNC(=NCC1CCN(S(=O)(=O)C(F)(F)F)CC1)NC1CC=CC1. The van der Waals surface area contributed by atoms with Crippen molar-refractivity contribution < 1.29 is 21.6 Å². The lowest BCUT2D eigenvalue weighted by molar-refractivity contribution is -0.0496. The standard InChI is InChI=1S/C15H25F3N4O2S/c1-2-19-14(21-13-5-3-4-6-13)20-11-12-7-9-22(10-8-12)25(23,24)15(16,17)18/h3-4,12-13H,2,5-11H2,1H3,(H2,19,20,21). The molecular formula is C15H25F3N4O2S. The van der Waals surface area contributed by atoms with Crippen LogP contribution in [0, 0.1) is 5.92 Å². The average molecular weight is 382 g/mol. The molecule has 1 saturated heterocycles. The molecule has 0 amide bonds. The predicted molar refractivity (Wildman–Crippen MR) is 90.5 cm³/mol. The maximum atomic E-state index is 12.6. The maximum absolute atomic E-state index is 12.6. The van der Waals surface area contributed by atoms with Gasteiger partial charge in [-0.1, -0.05) is 12.2 Å². The van der Waals surface area contributed by atoms with Crippen LogP contribution in [-0.4, -0.2) is 56.4 Å². The van der Waals surface area contributed by atoms with Crippen LogP contribution in [0.3, 0.4) is 0 Å². The van der Waals surface area contributed by atoms with Gasteiger partial charge in [0.2, 0.25) is 0 Å². The second kappa shape index (κ2) is 8.39. The number of hydrogen-bond acceptors (Lipinski definition) is 3. The number of alkyl halides is 3. The van der Waals surface area contributed by atoms with E-state index in [1.54, 1.807) is 0 Å². The first kappa shape index (κ1) is 20.0. The van der Waals surface area contributed by atoms with E-state index in [0.717, 1.165) is 12.8 Å². The van der Waals surface area contributed by atoms with Gasteiger partial charge in [-0.3, -0.25) is 4.99 Å². The summed E-state index contributed by atoms with van der Waals surface area (Å²) in [5.41, 5.74) is -5.23. The Hall–Kier alpha value is -1.29. The Morgan fingerprint density at radius 2 is 1.84 bits per heavy atom. The number of nitrogens with one attached hydrogen (secondary N) is 2. The zero-order valence-electron chi connectivity index (χ0n) is 14.2. The molecule has 0 aromatic rings. The highest BCUT2D eigenvalue weighted by molar-refractivity contribution is 7.90. The van der Waals surface area contributed by atoms with Gasteiger partial charge in [-0.25, -0.2) is 8.42 Å². The molecule has 6 nitrogen and oxygen atoms in total. The van der Waals surface area contributed by atoms with Gasteiger partial charge in [0.05, 0.1) is 0 Å². The molecule has 0 unspecified atom stereocenters. The van der Waals surface area contributed by atoms with Gasteiger partial charge in [0.25, 0.3) is 0 Å². The van der Waals surface area contributed by atoms with Gasteiger partial charge in [-0.2, -0.15) is 17.5 Å². The van der Waals surface area contributed by atoms with Gasteiger partial charge in [0.1, 0.15) is 0 Å². The summed E-state index contributed by atoms with van der Waals surface area (Å²) in [7, 11) is -5.21. The van der Waals surface area contributed by atoms with Crippen LogP contribution >= 0.6 is 0 Å². The number of hydrogen-bond donors (Lipinski definition) is 2. The monoisotopic (exact) mass is 382 g/mol. The Bertz CT molecular complexity index is 588. The Morgan fingerprint density at radius 3 is 2.36 bits per heavy atom. The Kier molecular flexibility index (Phi) is 6.72. The molecule has 0 aromatic carbocycles. The molecule has 1 aliphatic heterocycles. The fourth-order valence-corrected chi connectivity index (χ4v) is 3.93. The molecule has 1 fully saturated rings. The zero-order valence-corrected chi connectivity index (χ0v) is 15.0. The van der Waals surface area contributed by atoms with Crippen LogP contribution < -0.4 is 10.6 Å². The molecule has 0 spiro atoms. The summed E-state index contributed by atoms with van der Waals surface area (Å²) in [5, 5.41) is 6.49. The van der Waals surface area contributed by atoms with E-state index in [2.05, 4.69) is 27.8 Å². The molecule has 0 saturated carbocycles. The number of piperidine rings is 1. The van der Waals surface area contributed by atoms with E-state index in [0.29, 0.717) is 42.2 Å². The lowest BCUT2D eigenvalue weighted by Crippen LogP contribution is -2.45. The highest BCUT2D eigenvalue weighted by atomic mass is 32.2. The smallest absolute Gasteiger partial charge is 0.357 e. The molecule has 2 aliphatic rings. The van der Waals surface area contributed by atoms with Crippen molar-refractivity contribution in [2.45, 2.75) is 44.2 Å². The number of guanidine groups is 1. The van der Waals surface area contributed by atoms with E-state index in [9.17, 15) is 21.6 Å². The van der Waals surface area contributed by atoms with Crippen LogP contribution in [0.4, 0.5) is 13.2 Å². The molecule has 2 N–H and O–H groups in total. The normalized spacial score (nSPS) is 21.7. The minimum atomic E-state index is -5.23. The van der Waals surface area contributed by atoms with Crippen molar-refractivity contribution >= 4 is 16.0 Å². The fraction of sp³-hybridized carbons (Fsp3) is 0.800. The van der Waals surface area contributed by atoms with Crippen molar-refractivity contribution in [3.05, 3.63) is 12.2 Å². The Balaban J connectivity index is 1.85. The van der Waals surface area contributed by atoms with Crippen LogP contribution in [0.1, 0.15) is 32.6 Å². The highest BCUT2D eigenvalue weighted by Crippen LogP contribution is 2.30. The molecule has 0 radical (unpaired) electrons. The van der Waals surface area contributed by atoms with Crippen molar-refractivity contribution in [1.82, 2.24) is 14.9 Å². The van der Waals surface area contributed by atoms with Crippen molar-refractivity contribution in [2.75, 3.05) is 26.2 Å². The van der Waals surface area contributed by atoms with Gasteiger partial charge in [-0.05, 0) is 38.5 Å². The fourth-order valence-electron chi connectivity index (χ4n) is 2.95. The van der Waals surface area contributed by atoms with Crippen molar-refractivity contribution in [1.29, 1.82) is 0 Å². The average Bonchev–Trinajstić information content (AvgIpc) is 3.05. The summed E-state index contributed by atoms with van der Waals surface area (Å²) in [6, 6.07) is 0.316. The van der Waals surface area contributed by atoms with Gasteiger partial charge in [-0.15, -0.1) is 0 Å². The first-order valence-corrected chi connectivity index (χ1v) is 9.94. The molecule has 1 heterocycles. The molecule has 0 atom stereocenters. The molecule has 1 aliphatic carbocycles. The van der Waals surface area contributed by atoms with Crippen LogP contribution in [0.25, 0.3) is 0 Å². The first-order valence-electron chi connectivity index (χ1n) is 8.50. The van der Waals surface area contributed by atoms with E-state index in [1.165, 1.54) is 0 Å². The van der Waals surface area contributed by atoms with E-state index in [-0.39, 0.29) is 19.0 Å². The summed E-state index contributed by atoms with van der Waals surface area (Å²) >= 11 is 0. The van der Waals surface area contributed by atoms with Gasteiger partial charge in [0.15, 0.2) is 5.96 Å². The second-order valence-corrected chi connectivity index (χ2v) is 8.23. The summed E-state index contributed by atoms with van der Waals surface area (Å²) < 4.78 is 61.1. The Labute approximate surface area is 146 Å². The number of aliphatic imine (C=N–C) groups is 1. The number of nitrogens with zero attached hydrogens (tertiary/aromatic N) is 2. The third-order valence-electron chi connectivity index (χ3n) is 4.41. The van der Waals surface area contributed by atoms with Gasteiger partial charge >= 0.3 is 15.5 Å². The topological polar surface area (TPSA) is 73.8 Å². The predicted octanol–water partition coefficient (Wildman–Crippen LogP) is 1.82. The number of halogens is 3. The summed E-state index contributed by atoms with van der Waals surface area (Å²) in [6.07, 6.45) is 6.86. The number of sulfonamides is 1. The summed E-state index contributed by atoms with van der Waals surface area (Å²) in [4.78, 5) is 4.51. The van der Waals surface area contributed by atoms with E-state index >= 15 is 0 Å². The minimum absolute atomic E-state index is 0.0804. The van der Waals surface area contributed by atoms with Crippen LogP contribution in [-0.2, 0) is 10.0 Å². The van der Waals surface area contributed by atoms with Crippen LogP contribution in [0.2, 0.25) is 0 Å². The third kappa shape index (κ3) is 5.34. The molecule has 144 valence electrons. The van der Waals surface area contributed by atoms with Gasteiger partial charge in [0, 0.05) is 32.2 Å². The largest absolute Gasteiger partial charge is 0.511 e. The summed E-state index contributed by atoms with van der Waals surface area (Å²) in [6.45, 7) is 2.92. The lowest BCUT2D eigenvalue weighted by atomic mass is 9.98. The maximum Gasteiger partial charge on any atom is 0.511 e. The molecule has 10 heteroatoms. The van der Waals surface area contributed by atoms with Crippen molar-refractivity contribution in [2.24, 2.45) is 10.9 Å². The number of rotatable bonds is 5. The highest BCUT2D eigenvalue weighted by Gasteiger charge is 2.50. The van der Waals surface area contributed by atoms with Crippen LogP contribution in [0.5, 0.6) is 0 Å².